The van der Waals surface area contributed by atoms with Crippen LogP contribution >= 0.6 is 24.2 Å². The number of nitrogens with zero attached hydrogens (tertiary/aromatic N) is 5. The average molecular weight is 445 g/mol. The molecule has 5 atom stereocenters. The first-order valence-corrected chi connectivity index (χ1v) is 9.72. The number of pyridine rings is 1. The monoisotopic (exact) mass is 444 g/mol. The van der Waals surface area contributed by atoms with Crippen molar-refractivity contribution in [1.82, 2.24) is 15.4 Å². The van der Waals surface area contributed by atoms with Crippen LogP contribution in [0.5, 0.6) is 0 Å². The predicted molar refractivity (Wildman–Crippen MR) is 105 cm³/mol. The molecule has 3 heterocycles. The fourth-order valence-corrected chi connectivity index (χ4v) is 4.20. The maximum Gasteiger partial charge on any atom is 0.284 e. The molecule has 2 aliphatic heterocycles. The third-order valence-electron chi connectivity index (χ3n) is 5.07. The van der Waals surface area contributed by atoms with Gasteiger partial charge in [-0.05, 0) is 18.0 Å². The molecule has 2 aliphatic rings. The van der Waals surface area contributed by atoms with Gasteiger partial charge in [0.1, 0.15) is 35.0 Å². The molecule has 158 valence electrons. The molecule has 13 heteroatoms. The molecule has 3 N–H and O–H groups in total. The number of aromatic nitrogens is 1. The molecular formula is C16H21ClN6O5S. The van der Waals surface area contributed by atoms with Crippen LogP contribution in [0.4, 0.5) is 0 Å². The fourth-order valence-electron chi connectivity index (χ4n) is 3.54. The number of aliphatic hydroxyl groups excluding tert-OH is 2. The van der Waals surface area contributed by atoms with Gasteiger partial charge < -0.3 is 19.7 Å². The van der Waals surface area contributed by atoms with Crippen LogP contribution in [0.25, 0.3) is 10.4 Å². The van der Waals surface area contributed by atoms with Crippen molar-refractivity contribution in [1.29, 1.82) is 0 Å². The van der Waals surface area contributed by atoms with E-state index in [1.165, 1.54) is 19.4 Å². The number of amides is 1. The van der Waals surface area contributed by atoms with Crippen LogP contribution in [0.1, 0.15) is 22.5 Å². The maximum absolute atomic E-state index is 12.9. The summed E-state index contributed by atoms with van der Waals surface area (Å²) >= 11 is 10.5. The van der Waals surface area contributed by atoms with E-state index in [1.54, 1.807) is 5.01 Å². The number of hydrogen-bond acceptors (Lipinski definition) is 9. The molecule has 1 aromatic rings. The molecule has 0 bridgehead atoms. The normalized spacial score (nSPS) is 32.2. The van der Waals surface area contributed by atoms with Crippen molar-refractivity contribution in [2.45, 2.75) is 35.7 Å². The number of rotatable bonds is 6. The highest BCUT2D eigenvalue weighted by molar-refractivity contribution is 7.80. The number of methoxy groups -OCH3 is 1. The Morgan fingerprint density at radius 2 is 2.38 bits per heavy atom. The van der Waals surface area contributed by atoms with Gasteiger partial charge in [-0.3, -0.25) is 10.2 Å². The molecule has 1 amide bonds. The molecule has 2 saturated heterocycles. The number of ether oxygens (including phenoxy) is 2. The van der Waals surface area contributed by atoms with Crippen LogP contribution < -0.4 is 5.43 Å². The van der Waals surface area contributed by atoms with Crippen LogP contribution in [0.2, 0.25) is 5.02 Å². The standard InChI is InChI=1S/C16H21ClN6O5S/c1-27-13-15(29)28-10(7-24)12(25)16(13,21-22-18)9-5-8(17)6-19-11(9)14(26)20-23-3-2-4-23/h5-6,10,12-13,15,24-25,29H,2-4,7H2,1H3,(H,20,26)/t10-,12+,13+,15-,16+/m0/s1. The van der Waals surface area contributed by atoms with Gasteiger partial charge in [-0.15, -0.1) is 12.6 Å². The minimum atomic E-state index is -1.89. The number of carbonyl (C=O) groups is 1. The van der Waals surface area contributed by atoms with Gasteiger partial charge in [-0.25, -0.2) is 9.99 Å². The number of thiol groups is 1. The van der Waals surface area contributed by atoms with Crippen LogP contribution in [-0.4, -0.2) is 76.7 Å². The number of aliphatic hydroxyl groups is 2. The molecule has 3 rings (SSSR count). The molecule has 1 aromatic heterocycles. The van der Waals surface area contributed by atoms with Crippen molar-refractivity contribution >= 4 is 30.1 Å². The van der Waals surface area contributed by atoms with E-state index in [9.17, 15) is 20.5 Å². The quantitative estimate of drug-likeness (QED) is 0.217. The Hall–Kier alpha value is -1.63. The maximum atomic E-state index is 12.9. The summed E-state index contributed by atoms with van der Waals surface area (Å²) < 4.78 is 10.9. The highest BCUT2D eigenvalue weighted by Crippen LogP contribution is 2.45. The number of nitrogens with one attached hydrogen (secondary N) is 1. The lowest BCUT2D eigenvalue weighted by atomic mass is 9.75. The minimum Gasteiger partial charge on any atom is -0.394 e. The number of azide groups is 1. The van der Waals surface area contributed by atoms with Crippen LogP contribution in [0.3, 0.4) is 0 Å². The lowest BCUT2D eigenvalue weighted by Gasteiger charge is -2.49. The van der Waals surface area contributed by atoms with Gasteiger partial charge in [-0.2, -0.15) is 0 Å². The summed E-state index contributed by atoms with van der Waals surface area (Å²) in [5.41, 5.74) is 9.08. The first-order valence-electron chi connectivity index (χ1n) is 8.82. The second kappa shape index (κ2) is 9.02. The van der Waals surface area contributed by atoms with Crippen molar-refractivity contribution in [3.05, 3.63) is 39.0 Å². The van der Waals surface area contributed by atoms with Gasteiger partial charge >= 0.3 is 0 Å². The topological polar surface area (TPSA) is 153 Å². The van der Waals surface area contributed by atoms with E-state index in [4.69, 9.17) is 21.1 Å². The molecule has 0 saturated carbocycles. The first-order chi connectivity index (χ1) is 13.9. The van der Waals surface area contributed by atoms with Gasteiger partial charge in [0.25, 0.3) is 5.91 Å². The number of halogens is 1. The lowest BCUT2D eigenvalue weighted by Crippen LogP contribution is -2.64. The molecule has 0 radical (unpaired) electrons. The molecular weight excluding hydrogens is 424 g/mol. The van der Waals surface area contributed by atoms with E-state index in [0.29, 0.717) is 13.1 Å². The van der Waals surface area contributed by atoms with E-state index in [1.807, 2.05) is 0 Å². The van der Waals surface area contributed by atoms with E-state index >= 15 is 0 Å². The number of hydrazine groups is 1. The summed E-state index contributed by atoms with van der Waals surface area (Å²) in [6.07, 6.45) is -1.62. The Morgan fingerprint density at radius 3 is 2.93 bits per heavy atom. The first kappa shape index (κ1) is 22.1. The number of hydrogen-bond donors (Lipinski definition) is 4. The van der Waals surface area contributed by atoms with Crippen molar-refractivity contribution < 1.29 is 24.5 Å². The molecule has 2 fully saturated rings. The van der Waals surface area contributed by atoms with E-state index in [0.717, 1.165) is 6.42 Å². The zero-order valence-corrected chi connectivity index (χ0v) is 17.1. The zero-order valence-electron chi connectivity index (χ0n) is 15.5. The van der Waals surface area contributed by atoms with Gasteiger partial charge in [0.15, 0.2) is 0 Å². The Kier molecular flexibility index (Phi) is 6.87. The zero-order chi connectivity index (χ0) is 21.2. The summed E-state index contributed by atoms with van der Waals surface area (Å²) in [4.78, 5) is 19.9. The molecule has 0 aliphatic carbocycles. The van der Waals surface area contributed by atoms with Gasteiger partial charge in [-0.1, -0.05) is 16.7 Å². The van der Waals surface area contributed by atoms with E-state index in [-0.39, 0.29) is 16.3 Å². The van der Waals surface area contributed by atoms with Crippen LogP contribution in [-0.2, 0) is 15.0 Å². The Labute approximate surface area is 177 Å². The van der Waals surface area contributed by atoms with E-state index in [2.05, 4.69) is 33.1 Å². The van der Waals surface area contributed by atoms with Crippen molar-refractivity contribution in [3.63, 3.8) is 0 Å². The summed E-state index contributed by atoms with van der Waals surface area (Å²) in [7, 11) is 1.32. The third kappa shape index (κ3) is 3.90. The summed E-state index contributed by atoms with van der Waals surface area (Å²) in [6, 6.07) is 1.38. The molecule has 11 nitrogen and oxygen atoms in total. The van der Waals surface area contributed by atoms with Crippen molar-refractivity contribution in [3.8, 4) is 0 Å². The second-order valence-corrected chi connectivity index (χ2v) is 7.64. The molecule has 0 aromatic carbocycles. The Balaban J connectivity index is 2.19. The summed E-state index contributed by atoms with van der Waals surface area (Å²) in [5.74, 6) is -0.561. The fraction of sp³-hybridized carbons (Fsp3) is 0.625. The molecule has 0 spiro atoms. The lowest BCUT2D eigenvalue weighted by molar-refractivity contribution is -0.201. The number of carbonyl (C=O) groups excluding carboxylic acids is 1. The average Bonchev–Trinajstić information content (AvgIpc) is 2.67. The van der Waals surface area contributed by atoms with Crippen LogP contribution in [0.15, 0.2) is 17.4 Å². The predicted octanol–water partition coefficient (Wildman–Crippen LogP) is 0.614. The van der Waals surface area contributed by atoms with Gasteiger partial charge in [0, 0.05) is 36.9 Å². The molecule has 0 unspecified atom stereocenters. The third-order valence-corrected chi connectivity index (χ3v) is 5.67. The van der Waals surface area contributed by atoms with Gasteiger partial charge in [0.05, 0.1) is 11.6 Å². The Bertz CT molecular complexity index is 823. The smallest absolute Gasteiger partial charge is 0.284 e. The van der Waals surface area contributed by atoms with Crippen molar-refractivity contribution in [2.24, 2.45) is 5.11 Å². The largest absolute Gasteiger partial charge is 0.394 e. The summed E-state index contributed by atoms with van der Waals surface area (Å²) in [5, 5.41) is 26.4. The van der Waals surface area contributed by atoms with Crippen LogP contribution in [0, 0.1) is 0 Å². The highest BCUT2D eigenvalue weighted by Gasteiger charge is 2.58. The SMILES string of the molecule is CO[C@@H]1[C@H](S)O[C@@H](CO)[C@@H](O)[C@]1(N=[N+]=[N-])c1cc(Cl)cnc1C(=O)NN1CCC1. The van der Waals surface area contributed by atoms with E-state index < -0.39 is 41.8 Å². The molecule has 29 heavy (non-hydrogen) atoms. The Morgan fingerprint density at radius 1 is 1.66 bits per heavy atom. The van der Waals surface area contributed by atoms with Crippen molar-refractivity contribution in [2.75, 3.05) is 26.8 Å². The highest BCUT2D eigenvalue weighted by atomic mass is 35.5. The minimum absolute atomic E-state index is 0.0426. The summed E-state index contributed by atoms with van der Waals surface area (Å²) in [6.45, 7) is 0.803. The van der Waals surface area contributed by atoms with Gasteiger partial charge in [0.2, 0.25) is 0 Å². The second-order valence-electron chi connectivity index (χ2n) is 6.69.